The summed E-state index contributed by atoms with van der Waals surface area (Å²) in [6, 6.07) is 1.99. The van der Waals surface area contributed by atoms with Crippen molar-refractivity contribution in [3.8, 4) is 0 Å². The van der Waals surface area contributed by atoms with Crippen LogP contribution >= 0.6 is 0 Å². The van der Waals surface area contributed by atoms with E-state index in [1.54, 1.807) is 12.2 Å². The second-order valence-corrected chi connectivity index (χ2v) is 2.88. The fourth-order valence-corrected chi connectivity index (χ4v) is 1.34. The number of carbonyl (C=O) groups excluding carboxylic acids is 1. The summed E-state index contributed by atoms with van der Waals surface area (Å²) in [6.45, 7) is 0. The zero-order valence-corrected chi connectivity index (χ0v) is 6.68. The van der Waals surface area contributed by atoms with Crippen LogP contribution in [0.4, 0.5) is 8.78 Å². The summed E-state index contributed by atoms with van der Waals surface area (Å²) in [5.41, 5.74) is 0.719. The Morgan fingerprint density at radius 1 is 1.15 bits per heavy atom. The van der Waals surface area contributed by atoms with Crippen molar-refractivity contribution in [2.24, 2.45) is 0 Å². The van der Waals surface area contributed by atoms with Gasteiger partial charge in [-0.1, -0.05) is 12.2 Å². The van der Waals surface area contributed by atoms with Crippen molar-refractivity contribution in [2.45, 2.75) is 6.42 Å². The molecule has 13 heavy (non-hydrogen) atoms. The van der Waals surface area contributed by atoms with E-state index in [0.29, 0.717) is 5.56 Å². The van der Waals surface area contributed by atoms with E-state index in [9.17, 15) is 13.6 Å². The van der Waals surface area contributed by atoms with Crippen LogP contribution in [0.3, 0.4) is 0 Å². The second kappa shape index (κ2) is 2.76. The van der Waals surface area contributed by atoms with Crippen molar-refractivity contribution in [1.82, 2.24) is 0 Å². The summed E-state index contributed by atoms with van der Waals surface area (Å²) in [5.74, 6) is -2.06. The minimum atomic E-state index is -0.970. The van der Waals surface area contributed by atoms with Gasteiger partial charge in [0.2, 0.25) is 0 Å². The Bertz CT molecular complexity index is 408. The Balaban J connectivity index is 2.67. The maximum Gasteiger partial charge on any atom is 0.167 e. The molecule has 0 bridgehead atoms. The van der Waals surface area contributed by atoms with Gasteiger partial charge in [-0.3, -0.25) is 4.79 Å². The molecule has 0 radical (unpaired) electrons. The number of benzene rings is 1. The number of ketones is 1. The number of halogens is 2. The Morgan fingerprint density at radius 2 is 1.85 bits per heavy atom. The summed E-state index contributed by atoms with van der Waals surface area (Å²) < 4.78 is 25.4. The van der Waals surface area contributed by atoms with Crippen LogP contribution in [0.2, 0.25) is 0 Å². The highest BCUT2D eigenvalue weighted by atomic mass is 19.2. The van der Waals surface area contributed by atoms with E-state index in [1.807, 2.05) is 0 Å². The first-order chi connectivity index (χ1) is 6.18. The van der Waals surface area contributed by atoms with Gasteiger partial charge in [0.1, 0.15) is 0 Å². The Labute approximate surface area is 73.7 Å². The maximum absolute atomic E-state index is 12.7. The highest BCUT2D eigenvalue weighted by Gasteiger charge is 2.16. The standard InChI is InChI=1S/C10H6F2O/c11-8-4-6-2-1-3-10(13)7(6)5-9(8)12/h1-2,4-5H,3H2. The van der Waals surface area contributed by atoms with Gasteiger partial charge >= 0.3 is 0 Å². The molecule has 1 aromatic rings. The smallest absolute Gasteiger partial charge is 0.167 e. The highest BCUT2D eigenvalue weighted by molar-refractivity contribution is 6.02. The number of rotatable bonds is 0. The molecular weight excluding hydrogens is 174 g/mol. The van der Waals surface area contributed by atoms with Gasteiger partial charge in [-0.2, -0.15) is 0 Å². The number of hydrogen-bond acceptors (Lipinski definition) is 1. The van der Waals surface area contributed by atoms with Gasteiger partial charge in [0.05, 0.1) is 0 Å². The van der Waals surface area contributed by atoms with Crippen molar-refractivity contribution in [1.29, 1.82) is 0 Å². The normalized spacial score (nSPS) is 14.5. The number of Topliss-reactive ketones (excluding diaryl/α,β-unsaturated/α-hetero) is 1. The Hall–Kier alpha value is -1.51. The quantitative estimate of drug-likeness (QED) is 0.599. The minimum Gasteiger partial charge on any atom is -0.294 e. The van der Waals surface area contributed by atoms with Crippen LogP contribution in [0, 0.1) is 11.6 Å². The van der Waals surface area contributed by atoms with E-state index >= 15 is 0 Å². The monoisotopic (exact) mass is 180 g/mol. The molecule has 0 fully saturated rings. The lowest BCUT2D eigenvalue weighted by atomic mass is 9.96. The molecule has 66 valence electrons. The average molecular weight is 180 g/mol. The molecular formula is C10H6F2O. The lowest BCUT2D eigenvalue weighted by molar-refractivity contribution is 0.0994. The van der Waals surface area contributed by atoms with Gasteiger partial charge in [0, 0.05) is 12.0 Å². The lowest BCUT2D eigenvalue weighted by Crippen LogP contribution is -2.05. The topological polar surface area (TPSA) is 17.1 Å². The van der Waals surface area contributed by atoms with E-state index in [0.717, 1.165) is 12.1 Å². The molecule has 0 saturated heterocycles. The molecule has 0 aromatic heterocycles. The van der Waals surface area contributed by atoms with Gasteiger partial charge in [0.25, 0.3) is 0 Å². The number of fused-ring (bicyclic) bond motifs is 1. The first-order valence-corrected chi connectivity index (χ1v) is 3.87. The van der Waals surface area contributed by atoms with Crippen LogP contribution in [0.5, 0.6) is 0 Å². The molecule has 0 spiro atoms. The SMILES string of the molecule is O=C1CC=Cc2cc(F)c(F)cc21. The molecule has 2 rings (SSSR count). The van der Waals surface area contributed by atoms with Gasteiger partial charge < -0.3 is 0 Å². The summed E-state index contributed by atoms with van der Waals surface area (Å²) in [6.07, 6.45) is 3.53. The number of hydrogen-bond donors (Lipinski definition) is 0. The van der Waals surface area contributed by atoms with E-state index in [4.69, 9.17) is 0 Å². The lowest BCUT2D eigenvalue weighted by Gasteiger charge is -2.08. The van der Waals surface area contributed by atoms with Crippen LogP contribution < -0.4 is 0 Å². The largest absolute Gasteiger partial charge is 0.294 e. The van der Waals surface area contributed by atoms with Gasteiger partial charge in [-0.25, -0.2) is 8.78 Å². The Morgan fingerprint density at radius 3 is 2.62 bits per heavy atom. The molecule has 1 aliphatic carbocycles. The van der Waals surface area contributed by atoms with Crippen molar-refractivity contribution in [3.05, 3.63) is 41.0 Å². The van der Waals surface area contributed by atoms with Gasteiger partial charge in [-0.05, 0) is 17.7 Å². The zero-order valence-electron chi connectivity index (χ0n) is 6.68. The number of carbonyl (C=O) groups is 1. The predicted molar refractivity (Wildman–Crippen MR) is 44.3 cm³/mol. The summed E-state index contributed by atoms with van der Waals surface area (Å²) in [5, 5.41) is 0. The Kier molecular flexibility index (Phi) is 1.72. The van der Waals surface area contributed by atoms with Crippen LogP contribution in [0.25, 0.3) is 6.08 Å². The third-order valence-electron chi connectivity index (χ3n) is 1.99. The molecule has 0 unspecified atom stereocenters. The van der Waals surface area contributed by atoms with Crippen molar-refractivity contribution in [3.63, 3.8) is 0 Å². The average Bonchev–Trinajstić information content (AvgIpc) is 2.09. The molecule has 1 aromatic carbocycles. The third kappa shape index (κ3) is 1.26. The van der Waals surface area contributed by atoms with Crippen LogP contribution in [-0.4, -0.2) is 5.78 Å². The molecule has 1 aliphatic rings. The van der Waals surface area contributed by atoms with Gasteiger partial charge in [0.15, 0.2) is 17.4 Å². The summed E-state index contributed by atoms with van der Waals surface area (Å²) in [7, 11) is 0. The fourth-order valence-electron chi connectivity index (χ4n) is 1.34. The van der Waals surface area contributed by atoms with Crippen molar-refractivity contribution < 1.29 is 13.6 Å². The first-order valence-electron chi connectivity index (χ1n) is 3.87. The molecule has 0 aliphatic heterocycles. The first kappa shape index (κ1) is 8.10. The van der Waals surface area contributed by atoms with Crippen LogP contribution in [-0.2, 0) is 0 Å². The van der Waals surface area contributed by atoms with E-state index in [2.05, 4.69) is 0 Å². The van der Waals surface area contributed by atoms with Crippen LogP contribution in [0.1, 0.15) is 22.3 Å². The highest BCUT2D eigenvalue weighted by Crippen LogP contribution is 2.21. The van der Waals surface area contributed by atoms with Crippen LogP contribution in [0.15, 0.2) is 18.2 Å². The summed E-state index contributed by atoms with van der Waals surface area (Å²) in [4.78, 5) is 11.2. The molecule has 0 amide bonds. The fraction of sp³-hybridized carbons (Fsp3) is 0.100. The van der Waals surface area contributed by atoms with Crippen molar-refractivity contribution >= 4 is 11.9 Å². The predicted octanol–water partition coefficient (Wildman–Crippen LogP) is 2.56. The molecule has 3 heteroatoms. The summed E-state index contributed by atoms with van der Waals surface area (Å²) >= 11 is 0. The van der Waals surface area contributed by atoms with E-state index < -0.39 is 11.6 Å². The molecule has 0 saturated carbocycles. The number of allylic oxidation sites excluding steroid dienone is 1. The minimum absolute atomic E-state index is 0.170. The molecule has 0 heterocycles. The molecule has 1 nitrogen and oxygen atoms in total. The van der Waals surface area contributed by atoms with Crippen molar-refractivity contribution in [2.75, 3.05) is 0 Å². The zero-order chi connectivity index (χ0) is 9.42. The maximum atomic E-state index is 12.7. The second-order valence-electron chi connectivity index (χ2n) is 2.88. The van der Waals surface area contributed by atoms with E-state index in [-0.39, 0.29) is 17.8 Å². The van der Waals surface area contributed by atoms with Gasteiger partial charge in [-0.15, -0.1) is 0 Å². The molecule has 0 N–H and O–H groups in total. The molecule has 0 atom stereocenters. The third-order valence-corrected chi connectivity index (χ3v) is 1.99. The van der Waals surface area contributed by atoms with E-state index in [1.165, 1.54) is 0 Å².